The van der Waals surface area contributed by atoms with Crippen molar-refractivity contribution in [2.45, 2.75) is 18.9 Å². The van der Waals surface area contributed by atoms with Crippen LogP contribution >= 0.6 is 11.6 Å². The Morgan fingerprint density at radius 3 is 2.78 bits per heavy atom. The van der Waals surface area contributed by atoms with Gasteiger partial charge in [0.1, 0.15) is 0 Å². The first-order valence-electron chi connectivity index (χ1n) is 5.10. The highest BCUT2D eigenvalue weighted by molar-refractivity contribution is 6.31. The summed E-state index contributed by atoms with van der Waals surface area (Å²) in [7, 11) is 1.29. The molecule has 0 radical (unpaired) electrons. The molecule has 18 heavy (non-hydrogen) atoms. The fraction of sp³-hybridized carbons (Fsp3) is 0.364. The van der Waals surface area contributed by atoms with Crippen LogP contribution in [0.4, 0.5) is 4.39 Å². The lowest BCUT2D eigenvalue weighted by atomic mass is 10.0. The van der Waals surface area contributed by atoms with Crippen molar-refractivity contribution in [3.05, 3.63) is 22.5 Å². The molecular weight excluding hydrogens is 265 g/mol. The standard InChI is InChI=1S/C11H13ClFNO4/c1-18-7-4-5(12)10(13)9(11(7)17)6(14)2-3-8(15)16/h4,6,17H,2-3,14H2,1H3,(H,15,16). The van der Waals surface area contributed by atoms with Gasteiger partial charge in [-0.1, -0.05) is 11.6 Å². The minimum atomic E-state index is -1.06. The van der Waals surface area contributed by atoms with Gasteiger partial charge in [-0.3, -0.25) is 4.79 Å². The summed E-state index contributed by atoms with van der Waals surface area (Å²) in [6, 6.07) is 0.147. The summed E-state index contributed by atoms with van der Waals surface area (Å²) in [5.41, 5.74) is 5.42. The zero-order chi connectivity index (χ0) is 13.9. The lowest BCUT2D eigenvalue weighted by molar-refractivity contribution is -0.137. The number of halogens is 2. The van der Waals surface area contributed by atoms with Gasteiger partial charge in [0.2, 0.25) is 0 Å². The number of ether oxygens (including phenoxy) is 1. The second-order valence-corrected chi connectivity index (χ2v) is 4.08. The van der Waals surface area contributed by atoms with E-state index in [9.17, 15) is 14.3 Å². The number of carbonyl (C=O) groups is 1. The third-order valence-corrected chi connectivity index (χ3v) is 2.73. The molecule has 1 aromatic rings. The van der Waals surface area contributed by atoms with Gasteiger partial charge in [0.15, 0.2) is 17.3 Å². The van der Waals surface area contributed by atoms with Crippen molar-refractivity contribution in [2.24, 2.45) is 5.73 Å². The third kappa shape index (κ3) is 3.02. The third-order valence-electron chi connectivity index (χ3n) is 2.45. The van der Waals surface area contributed by atoms with Crippen LogP contribution in [0, 0.1) is 5.82 Å². The van der Waals surface area contributed by atoms with Crippen LogP contribution in [-0.2, 0) is 4.79 Å². The van der Waals surface area contributed by atoms with Crippen molar-refractivity contribution in [2.75, 3.05) is 7.11 Å². The maximum absolute atomic E-state index is 13.8. The van der Waals surface area contributed by atoms with E-state index in [0.29, 0.717) is 0 Å². The van der Waals surface area contributed by atoms with Crippen molar-refractivity contribution >= 4 is 17.6 Å². The van der Waals surface area contributed by atoms with Gasteiger partial charge in [-0.25, -0.2) is 4.39 Å². The maximum Gasteiger partial charge on any atom is 0.303 e. The molecule has 0 saturated heterocycles. The van der Waals surface area contributed by atoms with E-state index in [-0.39, 0.29) is 29.2 Å². The number of hydrogen-bond acceptors (Lipinski definition) is 4. The normalized spacial score (nSPS) is 12.2. The summed E-state index contributed by atoms with van der Waals surface area (Å²) >= 11 is 5.64. The molecule has 1 aromatic carbocycles. The monoisotopic (exact) mass is 277 g/mol. The quantitative estimate of drug-likeness (QED) is 0.766. The van der Waals surface area contributed by atoms with Crippen LogP contribution in [0.5, 0.6) is 11.5 Å². The summed E-state index contributed by atoms with van der Waals surface area (Å²) in [5, 5.41) is 18.1. The van der Waals surface area contributed by atoms with Crippen LogP contribution in [0.15, 0.2) is 6.07 Å². The first kappa shape index (κ1) is 14.5. The number of rotatable bonds is 5. The van der Waals surface area contributed by atoms with Gasteiger partial charge in [-0.15, -0.1) is 0 Å². The van der Waals surface area contributed by atoms with Crippen molar-refractivity contribution < 1.29 is 24.1 Å². The van der Waals surface area contributed by atoms with Crippen molar-refractivity contribution in [1.29, 1.82) is 0 Å². The highest BCUT2D eigenvalue weighted by Gasteiger charge is 2.23. The average molecular weight is 278 g/mol. The second kappa shape index (κ2) is 5.88. The van der Waals surface area contributed by atoms with Gasteiger partial charge in [-0.05, 0) is 6.42 Å². The lowest BCUT2D eigenvalue weighted by Crippen LogP contribution is -2.14. The largest absolute Gasteiger partial charge is 0.504 e. The summed E-state index contributed by atoms with van der Waals surface area (Å²) in [5.74, 6) is -2.40. The van der Waals surface area contributed by atoms with E-state index in [0.717, 1.165) is 6.07 Å². The van der Waals surface area contributed by atoms with Gasteiger partial charge >= 0.3 is 5.97 Å². The average Bonchev–Trinajstić information content (AvgIpc) is 2.31. The molecule has 0 heterocycles. The molecule has 0 bridgehead atoms. The van der Waals surface area contributed by atoms with E-state index in [1.807, 2.05) is 0 Å². The summed E-state index contributed by atoms with van der Waals surface area (Å²) in [6.07, 6.45) is -0.266. The van der Waals surface area contributed by atoms with Crippen LogP contribution < -0.4 is 10.5 Å². The molecule has 1 rings (SSSR count). The molecule has 1 unspecified atom stereocenters. The number of phenols is 1. The van der Waals surface area contributed by atoms with Crippen LogP contribution in [0.3, 0.4) is 0 Å². The molecule has 0 aliphatic carbocycles. The maximum atomic E-state index is 13.8. The second-order valence-electron chi connectivity index (χ2n) is 3.68. The number of carboxylic acids is 1. The molecule has 100 valence electrons. The van der Waals surface area contributed by atoms with E-state index in [4.69, 9.17) is 27.2 Å². The summed E-state index contributed by atoms with van der Waals surface area (Å²) < 4.78 is 18.6. The SMILES string of the molecule is COc1cc(Cl)c(F)c(C(N)CCC(=O)O)c1O. The smallest absolute Gasteiger partial charge is 0.303 e. The summed E-state index contributed by atoms with van der Waals surface area (Å²) in [4.78, 5) is 10.4. The number of methoxy groups -OCH3 is 1. The van der Waals surface area contributed by atoms with Gasteiger partial charge in [-0.2, -0.15) is 0 Å². The molecule has 0 aliphatic heterocycles. The molecule has 5 nitrogen and oxygen atoms in total. The molecular formula is C11H13ClFNO4. The molecule has 1 atom stereocenters. The Balaban J connectivity index is 3.13. The Kier molecular flexibility index (Phi) is 4.75. The van der Waals surface area contributed by atoms with Crippen LogP contribution in [0.1, 0.15) is 24.4 Å². The van der Waals surface area contributed by atoms with Crippen molar-refractivity contribution in [3.63, 3.8) is 0 Å². The first-order valence-corrected chi connectivity index (χ1v) is 5.48. The Labute approximate surface area is 108 Å². The molecule has 0 aromatic heterocycles. The van der Waals surface area contributed by atoms with Gasteiger partial charge in [0.25, 0.3) is 0 Å². The summed E-state index contributed by atoms with van der Waals surface area (Å²) in [6.45, 7) is 0. The molecule has 4 N–H and O–H groups in total. The fourth-order valence-corrected chi connectivity index (χ4v) is 1.73. The number of benzene rings is 1. The molecule has 0 fully saturated rings. The topological polar surface area (TPSA) is 92.8 Å². The van der Waals surface area contributed by atoms with Crippen molar-refractivity contribution in [3.8, 4) is 11.5 Å². The molecule has 0 amide bonds. The minimum Gasteiger partial charge on any atom is -0.504 e. The molecule has 7 heteroatoms. The number of phenolic OH excluding ortho intramolecular Hbond substituents is 1. The van der Waals surface area contributed by atoms with Crippen LogP contribution in [0.25, 0.3) is 0 Å². The highest BCUT2D eigenvalue weighted by atomic mass is 35.5. The Morgan fingerprint density at radius 1 is 1.67 bits per heavy atom. The predicted molar refractivity (Wildman–Crippen MR) is 63.4 cm³/mol. The number of carboxylic acid groups (broad SMARTS) is 1. The number of aromatic hydroxyl groups is 1. The number of hydrogen-bond donors (Lipinski definition) is 3. The molecule has 0 aliphatic rings. The lowest BCUT2D eigenvalue weighted by Gasteiger charge is -2.16. The fourth-order valence-electron chi connectivity index (χ4n) is 1.53. The first-order chi connectivity index (χ1) is 8.38. The van der Waals surface area contributed by atoms with Crippen LogP contribution in [-0.4, -0.2) is 23.3 Å². The Morgan fingerprint density at radius 2 is 2.28 bits per heavy atom. The van der Waals surface area contributed by atoms with E-state index < -0.39 is 23.6 Å². The Bertz CT molecular complexity index is 467. The van der Waals surface area contributed by atoms with Crippen LogP contribution in [0.2, 0.25) is 5.02 Å². The zero-order valence-corrected chi connectivity index (χ0v) is 10.4. The highest BCUT2D eigenvalue weighted by Crippen LogP contribution is 2.39. The molecule has 0 spiro atoms. The predicted octanol–water partition coefficient (Wildman–Crippen LogP) is 2.06. The minimum absolute atomic E-state index is 0.0119. The van der Waals surface area contributed by atoms with Gasteiger partial charge < -0.3 is 20.7 Å². The number of nitrogens with two attached hydrogens (primary N) is 1. The zero-order valence-electron chi connectivity index (χ0n) is 9.61. The van der Waals surface area contributed by atoms with E-state index in [1.54, 1.807) is 0 Å². The van der Waals surface area contributed by atoms with Gasteiger partial charge in [0, 0.05) is 18.5 Å². The van der Waals surface area contributed by atoms with E-state index in [1.165, 1.54) is 7.11 Å². The van der Waals surface area contributed by atoms with Crippen molar-refractivity contribution in [1.82, 2.24) is 0 Å². The molecule has 0 saturated carbocycles. The Hall–Kier alpha value is -1.53. The van der Waals surface area contributed by atoms with E-state index >= 15 is 0 Å². The number of aliphatic carboxylic acids is 1. The van der Waals surface area contributed by atoms with Gasteiger partial charge in [0.05, 0.1) is 17.7 Å². The van der Waals surface area contributed by atoms with E-state index in [2.05, 4.69) is 0 Å².